The van der Waals surface area contributed by atoms with Gasteiger partial charge in [0.25, 0.3) is 0 Å². The number of ether oxygens (including phenoxy) is 1. The summed E-state index contributed by atoms with van der Waals surface area (Å²) in [5, 5.41) is 0. The van der Waals surface area contributed by atoms with Crippen LogP contribution < -0.4 is 0 Å². The molecule has 0 aromatic heterocycles. The van der Waals surface area contributed by atoms with Crippen molar-refractivity contribution in [2.75, 3.05) is 0 Å². The Balaban J connectivity index is 3.74. The molecular weight excluding hydrogens is 166 g/mol. The highest BCUT2D eigenvalue weighted by Gasteiger charge is 2.16. The van der Waals surface area contributed by atoms with Gasteiger partial charge in [-0.25, -0.2) is 8.78 Å². The lowest BCUT2D eigenvalue weighted by atomic mass is 10.2. The molecule has 0 aliphatic rings. The summed E-state index contributed by atoms with van der Waals surface area (Å²) < 4.78 is 28.4. The van der Waals surface area contributed by atoms with Gasteiger partial charge < -0.3 is 4.74 Å². The molecule has 0 aromatic rings. The first-order chi connectivity index (χ1) is 5.60. The first kappa shape index (κ1) is 11.3. The molecule has 0 saturated carbocycles. The van der Waals surface area contributed by atoms with Crippen molar-refractivity contribution in [1.82, 2.24) is 0 Å². The van der Waals surface area contributed by atoms with E-state index in [-0.39, 0.29) is 12.8 Å². The lowest BCUT2D eigenvalue weighted by Crippen LogP contribution is -2.19. The Labute approximate surface area is 70.9 Å². The monoisotopic (exact) mass is 180 g/mol. The second-order valence-corrected chi connectivity index (χ2v) is 2.50. The average molecular weight is 180 g/mol. The van der Waals surface area contributed by atoms with Crippen molar-refractivity contribution in [2.45, 2.75) is 45.6 Å². The number of hydrogen-bond acceptors (Lipinski definition) is 2. The maximum Gasteiger partial charge on any atom is 0.305 e. The van der Waals surface area contributed by atoms with E-state index in [4.69, 9.17) is 4.74 Å². The van der Waals surface area contributed by atoms with Crippen LogP contribution in [0.2, 0.25) is 0 Å². The van der Waals surface area contributed by atoms with Crippen molar-refractivity contribution in [1.29, 1.82) is 0 Å². The zero-order valence-electron chi connectivity index (χ0n) is 7.35. The number of alkyl halides is 2. The molecule has 0 bridgehead atoms. The van der Waals surface area contributed by atoms with Crippen LogP contribution in [0.3, 0.4) is 0 Å². The van der Waals surface area contributed by atoms with E-state index in [1.165, 1.54) is 0 Å². The Hall–Kier alpha value is -0.670. The highest BCUT2D eigenvalue weighted by Crippen LogP contribution is 2.11. The smallest absolute Gasteiger partial charge is 0.305 e. The Morgan fingerprint density at radius 3 is 2.33 bits per heavy atom. The molecule has 0 spiro atoms. The number of halogens is 2. The third kappa shape index (κ3) is 5.04. The first-order valence-corrected chi connectivity index (χ1v) is 4.07. The lowest BCUT2D eigenvalue weighted by molar-refractivity contribution is -0.150. The van der Waals surface area contributed by atoms with E-state index in [0.29, 0.717) is 6.42 Å². The number of carbonyl (C=O) groups is 1. The first-order valence-electron chi connectivity index (χ1n) is 4.07. The zero-order chi connectivity index (χ0) is 9.56. The summed E-state index contributed by atoms with van der Waals surface area (Å²) in [6, 6.07) is 0. The van der Waals surface area contributed by atoms with Crippen LogP contribution in [0.25, 0.3) is 0 Å². The number of carbonyl (C=O) groups excluding carboxylic acids is 1. The molecule has 0 amide bonds. The van der Waals surface area contributed by atoms with Crippen molar-refractivity contribution in [2.24, 2.45) is 0 Å². The number of hydrogen-bond donors (Lipinski definition) is 0. The normalized spacial score (nSPS) is 13.1. The Kier molecular flexibility index (Phi) is 5.58. The Bertz CT molecular complexity index is 137. The summed E-state index contributed by atoms with van der Waals surface area (Å²) in [5.74, 6) is -0.414. The number of rotatable bonds is 5. The van der Waals surface area contributed by atoms with Gasteiger partial charge in [-0.05, 0) is 6.42 Å². The van der Waals surface area contributed by atoms with E-state index in [9.17, 15) is 13.6 Å². The summed E-state index contributed by atoms with van der Waals surface area (Å²) in [4.78, 5) is 10.7. The largest absolute Gasteiger partial charge is 0.462 e. The standard InChI is InChI=1S/C8H14F2O2/c1-3-6(5-7(9)10)12-8(11)4-2/h6-7H,3-5H2,1-2H3. The Morgan fingerprint density at radius 1 is 1.42 bits per heavy atom. The quantitative estimate of drug-likeness (QED) is 0.607. The van der Waals surface area contributed by atoms with Crippen LogP contribution in [-0.4, -0.2) is 18.5 Å². The second kappa shape index (κ2) is 5.91. The van der Waals surface area contributed by atoms with E-state index in [0.717, 1.165) is 0 Å². The maximum atomic E-state index is 11.8. The van der Waals surface area contributed by atoms with Crippen LogP contribution >= 0.6 is 0 Å². The van der Waals surface area contributed by atoms with Gasteiger partial charge in [-0.1, -0.05) is 13.8 Å². The van der Waals surface area contributed by atoms with Crippen molar-refractivity contribution < 1.29 is 18.3 Å². The third-order valence-electron chi connectivity index (χ3n) is 1.48. The maximum absolute atomic E-state index is 11.8. The lowest BCUT2D eigenvalue weighted by Gasteiger charge is -2.14. The molecule has 0 saturated heterocycles. The van der Waals surface area contributed by atoms with Crippen molar-refractivity contribution in [3.8, 4) is 0 Å². The fourth-order valence-electron chi connectivity index (χ4n) is 0.766. The molecular formula is C8H14F2O2. The van der Waals surface area contributed by atoms with Gasteiger partial charge in [-0.3, -0.25) is 4.79 Å². The average Bonchev–Trinajstić information content (AvgIpc) is 2.02. The van der Waals surface area contributed by atoms with E-state index < -0.39 is 18.5 Å². The van der Waals surface area contributed by atoms with Crippen LogP contribution in [-0.2, 0) is 9.53 Å². The van der Waals surface area contributed by atoms with Gasteiger partial charge in [0.05, 0.1) is 0 Å². The topological polar surface area (TPSA) is 26.3 Å². The molecule has 0 aliphatic carbocycles. The minimum atomic E-state index is -2.40. The van der Waals surface area contributed by atoms with E-state index in [1.807, 2.05) is 0 Å². The molecule has 4 heteroatoms. The molecule has 0 N–H and O–H groups in total. The van der Waals surface area contributed by atoms with Crippen molar-refractivity contribution in [3.05, 3.63) is 0 Å². The molecule has 1 atom stereocenters. The van der Waals surface area contributed by atoms with Crippen molar-refractivity contribution in [3.63, 3.8) is 0 Å². The molecule has 12 heavy (non-hydrogen) atoms. The predicted octanol–water partition coefficient (Wildman–Crippen LogP) is 2.37. The minimum absolute atomic E-state index is 0.236. The van der Waals surface area contributed by atoms with Gasteiger partial charge in [-0.15, -0.1) is 0 Å². The third-order valence-corrected chi connectivity index (χ3v) is 1.48. The van der Waals surface area contributed by atoms with Gasteiger partial charge in [0, 0.05) is 12.8 Å². The molecule has 0 heterocycles. The van der Waals surface area contributed by atoms with Crippen LogP contribution in [0.15, 0.2) is 0 Å². The van der Waals surface area contributed by atoms with Crippen LogP contribution in [0.1, 0.15) is 33.1 Å². The molecule has 1 unspecified atom stereocenters. The van der Waals surface area contributed by atoms with Crippen LogP contribution in [0.4, 0.5) is 8.78 Å². The van der Waals surface area contributed by atoms with Gasteiger partial charge in [0.2, 0.25) is 6.43 Å². The van der Waals surface area contributed by atoms with Gasteiger partial charge >= 0.3 is 5.97 Å². The summed E-state index contributed by atoms with van der Waals surface area (Å²) in [5.41, 5.74) is 0. The highest BCUT2D eigenvalue weighted by atomic mass is 19.3. The number of esters is 1. The highest BCUT2D eigenvalue weighted by molar-refractivity contribution is 5.69. The van der Waals surface area contributed by atoms with E-state index in [1.54, 1.807) is 13.8 Å². The van der Waals surface area contributed by atoms with Gasteiger partial charge in [0.1, 0.15) is 6.10 Å². The fraction of sp³-hybridized carbons (Fsp3) is 0.875. The summed E-state index contributed by atoms with van der Waals surface area (Å²) in [6.07, 6.45) is -2.71. The summed E-state index contributed by atoms with van der Waals surface area (Å²) in [7, 11) is 0. The van der Waals surface area contributed by atoms with Crippen LogP contribution in [0.5, 0.6) is 0 Å². The van der Waals surface area contributed by atoms with E-state index in [2.05, 4.69) is 0 Å². The molecule has 0 fully saturated rings. The van der Waals surface area contributed by atoms with Gasteiger partial charge in [0.15, 0.2) is 0 Å². The molecule has 0 aliphatic heterocycles. The second-order valence-electron chi connectivity index (χ2n) is 2.50. The Morgan fingerprint density at radius 2 is 2.00 bits per heavy atom. The SMILES string of the molecule is CCC(=O)OC(CC)CC(F)F. The molecule has 72 valence electrons. The molecule has 2 nitrogen and oxygen atoms in total. The van der Waals surface area contributed by atoms with Gasteiger partial charge in [-0.2, -0.15) is 0 Å². The zero-order valence-corrected chi connectivity index (χ0v) is 7.35. The molecule has 0 rings (SSSR count). The molecule has 0 aromatic carbocycles. The predicted molar refractivity (Wildman–Crippen MR) is 41.1 cm³/mol. The fourth-order valence-corrected chi connectivity index (χ4v) is 0.766. The summed E-state index contributed by atoms with van der Waals surface area (Å²) >= 11 is 0. The van der Waals surface area contributed by atoms with E-state index >= 15 is 0 Å². The van der Waals surface area contributed by atoms with Crippen LogP contribution in [0, 0.1) is 0 Å². The van der Waals surface area contributed by atoms with Crippen molar-refractivity contribution >= 4 is 5.97 Å². The minimum Gasteiger partial charge on any atom is -0.462 e. The molecule has 0 radical (unpaired) electrons. The summed E-state index contributed by atoms with van der Waals surface area (Å²) in [6.45, 7) is 3.35.